The van der Waals surface area contributed by atoms with Gasteiger partial charge in [-0.15, -0.1) is 11.8 Å². The van der Waals surface area contributed by atoms with Gasteiger partial charge < -0.3 is 9.84 Å². The molecule has 3 rings (SSSR count). The van der Waals surface area contributed by atoms with Crippen molar-refractivity contribution in [3.05, 3.63) is 59.2 Å². The lowest BCUT2D eigenvalue weighted by Crippen LogP contribution is -2.10. The predicted octanol–water partition coefficient (Wildman–Crippen LogP) is 4.32. The zero-order valence-corrected chi connectivity index (χ0v) is 13.2. The molecule has 0 fully saturated rings. The number of benzene rings is 2. The molecular formula is C18H20O2S. The first-order valence-corrected chi connectivity index (χ1v) is 8.27. The summed E-state index contributed by atoms with van der Waals surface area (Å²) in [5.41, 5.74) is 3.41. The van der Waals surface area contributed by atoms with Crippen LogP contribution in [-0.4, -0.2) is 17.5 Å². The molecule has 1 heterocycles. The smallest absolute Gasteiger partial charge is 0.122 e. The summed E-state index contributed by atoms with van der Waals surface area (Å²) >= 11 is 1.91. The van der Waals surface area contributed by atoms with E-state index in [0.29, 0.717) is 12.5 Å². The fourth-order valence-electron chi connectivity index (χ4n) is 2.65. The second-order valence-corrected chi connectivity index (χ2v) is 6.62. The Labute approximate surface area is 130 Å². The molecule has 0 spiro atoms. The van der Waals surface area contributed by atoms with Gasteiger partial charge in [-0.05, 0) is 48.7 Å². The number of hydrogen-bond acceptors (Lipinski definition) is 3. The van der Waals surface area contributed by atoms with E-state index in [1.165, 1.54) is 10.5 Å². The minimum absolute atomic E-state index is 0.434. The van der Waals surface area contributed by atoms with Crippen LogP contribution in [0.3, 0.4) is 0 Å². The Kier molecular flexibility index (Phi) is 4.22. The second kappa shape index (κ2) is 6.12. The molecule has 0 radical (unpaired) electrons. The largest absolute Gasteiger partial charge is 0.493 e. The number of aryl methyl sites for hydroxylation is 1. The van der Waals surface area contributed by atoms with Crippen molar-refractivity contribution in [2.75, 3.05) is 12.4 Å². The van der Waals surface area contributed by atoms with Crippen molar-refractivity contribution in [3.63, 3.8) is 0 Å². The summed E-state index contributed by atoms with van der Waals surface area (Å²) in [6, 6.07) is 14.5. The maximum absolute atomic E-state index is 9.61. The highest BCUT2D eigenvalue weighted by Crippen LogP contribution is 2.39. The number of aliphatic hydroxyl groups excluding tert-OH is 1. The Morgan fingerprint density at radius 1 is 1.29 bits per heavy atom. The third kappa shape index (κ3) is 3.09. The SMILES string of the molecule is Cc1cc(C(C)O)ccc1OCC1CSc2ccccc21. The number of hydrogen-bond donors (Lipinski definition) is 1. The van der Waals surface area contributed by atoms with Crippen molar-refractivity contribution in [2.45, 2.75) is 30.8 Å². The third-order valence-corrected chi connectivity index (χ3v) is 5.17. The van der Waals surface area contributed by atoms with Gasteiger partial charge in [-0.25, -0.2) is 0 Å². The number of rotatable bonds is 4. The molecule has 0 amide bonds. The second-order valence-electron chi connectivity index (χ2n) is 5.56. The van der Waals surface area contributed by atoms with E-state index in [0.717, 1.165) is 22.6 Å². The molecule has 0 aromatic heterocycles. The van der Waals surface area contributed by atoms with Crippen LogP contribution in [0.5, 0.6) is 5.75 Å². The average molecular weight is 300 g/mol. The minimum atomic E-state index is -0.434. The van der Waals surface area contributed by atoms with Gasteiger partial charge in [-0.3, -0.25) is 0 Å². The Balaban J connectivity index is 1.69. The Hall–Kier alpha value is -1.45. The van der Waals surface area contributed by atoms with Crippen molar-refractivity contribution in [3.8, 4) is 5.75 Å². The molecule has 110 valence electrons. The standard InChI is InChI=1S/C18H20O2S/c1-12-9-14(13(2)19)7-8-17(12)20-10-15-11-21-18-6-4-3-5-16(15)18/h3-9,13,15,19H,10-11H2,1-2H3. The van der Waals surface area contributed by atoms with Gasteiger partial charge in [0.1, 0.15) is 5.75 Å². The first-order chi connectivity index (χ1) is 10.1. The van der Waals surface area contributed by atoms with E-state index in [2.05, 4.69) is 24.3 Å². The molecule has 2 aromatic rings. The summed E-state index contributed by atoms with van der Waals surface area (Å²) in [5, 5.41) is 9.61. The zero-order valence-electron chi connectivity index (χ0n) is 12.4. The Morgan fingerprint density at radius 3 is 2.86 bits per heavy atom. The highest BCUT2D eigenvalue weighted by molar-refractivity contribution is 7.99. The molecule has 0 saturated heterocycles. The molecular weight excluding hydrogens is 280 g/mol. The van der Waals surface area contributed by atoms with Crippen molar-refractivity contribution in [2.24, 2.45) is 0 Å². The molecule has 0 saturated carbocycles. The molecule has 21 heavy (non-hydrogen) atoms. The topological polar surface area (TPSA) is 29.5 Å². The lowest BCUT2D eigenvalue weighted by molar-refractivity contribution is 0.199. The lowest BCUT2D eigenvalue weighted by Gasteiger charge is -2.15. The fraction of sp³-hybridized carbons (Fsp3) is 0.333. The van der Waals surface area contributed by atoms with Gasteiger partial charge in [-0.1, -0.05) is 24.3 Å². The molecule has 0 bridgehead atoms. The quantitative estimate of drug-likeness (QED) is 0.912. The normalized spacial score (nSPS) is 18.3. The van der Waals surface area contributed by atoms with Gasteiger partial charge >= 0.3 is 0 Å². The molecule has 1 aliphatic heterocycles. The van der Waals surface area contributed by atoms with E-state index in [-0.39, 0.29) is 0 Å². The van der Waals surface area contributed by atoms with Crippen LogP contribution in [0, 0.1) is 6.92 Å². The van der Waals surface area contributed by atoms with Crippen LogP contribution in [0.25, 0.3) is 0 Å². The van der Waals surface area contributed by atoms with Crippen molar-refractivity contribution >= 4 is 11.8 Å². The summed E-state index contributed by atoms with van der Waals surface area (Å²) in [6.07, 6.45) is -0.434. The van der Waals surface area contributed by atoms with E-state index >= 15 is 0 Å². The van der Waals surface area contributed by atoms with Gasteiger partial charge in [0.2, 0.25) is 0 Å². The molecule has 1 N–H and O–H groups in total. The van der Waals surface area contributed by atoms with Gasteiger partial charge in [0, 0.05) is 16.6 Å². The van der Waals surface area contributed by atoms with E-state index in [1.54, 1.807) is 6.92 Å². The van der Waals surface area contributed by atoms with Crippen LogP contribution in [0.15, 0.2) is 47.4 Å². The van der Waals surface area contributed by atoms with Gasteiger partial charge in [-0.2, -0.15) is 0 Å². The fourth-order valence-corrected chi connectivity index (χ4v) is 3.88. The number of ether oxygens (including phenoxy) is 1. The van der Waals surface area contributed by atoms with Crippen LogP contribution in [-0.2, 0) is 0 Å². The van der Waals surface area contributed by atoms with E-state index in [9.17, 15) is 5.11 Å². The molecule has 2 unspecified atom stereocenters. The predicted molar refractivity (Wildman–Crippen MR) is 87.2 cm³/mol. The summed E-state index contributed by atoms with van der Waals surface area (Å²) in [4.78, 5) is 1.38. The number of thioether (sulfide) groups is 1. The van der Waals surface area contributed by atoms with Gasteiger partial charge in [0.05, 0.1) is 12.7 Å². The van der Waals surface area contributed by atoms with Crippen LogP contribution in [0.4, 0.5) is 0 Å². The maximum atomic E-state index is 9.61. The minimum Gasteiger partial charge on any atom is -0.493 e. The van der Waals surface area contributed by atoms with Crippen molar-refractivity contribution in [1.29, 1.82) is 0 Å². The average Bonchev–Trinajstić information content (AvgIpc) is 2.89. The van der Waals surface area contributed by atoms with E-state index < -0.39 is 6.10 Å². The first kappa shape index (κ1) is 14.5. The summed E-state index contributed by atoms with van der Waals surface area (Å²) in [7, 11) is 0. The molecule has 2 aromatic carbocycles. The highest BCUT2D eigenvalue weighted by atomic mass is 32.2. The first-order valence-electron chi connectivity index (χ1n) is 7.28. The molecule has 1 aliphatic rings. The Morgan fingerprint density at radius 2 is 2.10 bits per heavy atom. The monoisotopic (exact) mass is 300 g/mol. The summed E-state index contributed by atoms with van der Waals surface area (Å²) < 4.78 is 6.02. The molecule has 3 heteroatoms. The van der Waals surface area contributed by atoms with Crippen LogP contribution >= 0.6 is 11.8 Å². The van der Waals surface area contributed by atoms with E-state index in [1.807, 2.05) is 36.9 Å². The molecule has 0 aliphatic carbocycles. The van der Waals surface area contributed by atoms with Gasteiger partial charge in [0.15, 0.2) is 0 Å². The Bertz CT molecular complexity index is 637. The van der Waals surface area contributed by atoms with Crippen LogP contribution in [0.2, 0.25) is 0 Å². The molecule has 2 nitrogen and oxygen atoms in total. The van der Waals surface area contributed by atoms with Crippen molar-refractivity contribution < 1.29 is 9.84 Å². The van der Waals surface area contributed by atoms with Gasteiger partial charge in [0.25, 0.3) is 0 Å². The number of aliphatic hydroxyl groups is 1. The maximum Gasteiger partial charge on any atom is 0.122 e. The summed E-state index contributed by atoms with van der Waals surface area (Å²) in [6.45, 7) is 4.51. The van der Waals surface area contributed by atoms with Crippen molar-refractivity contribution in [1.82, 2.24) is 0 Å². The zero-order chi connectivity index (χ0) is 14.8. The highest BCUT2D eigenvalue weighted by Gasteiger charge is 2.23. The summed E-state index contributed by atoms with van der Waals surface area (Å²) in [5.74, 6) is 2.46. The van der Waals surface area contributed by atoms with Crippen LogP contribution in [0.1, 0.15) is 35.6 Å². The third-order valence-electron chi connectivity index (χ3n) is 3.92. The lowest BCUT2D eigenvalue weighted by atomic mass is 10.0. The molecule has 2 atom stereocenters. The number of fused-ring (bicyclic) bond motifs is 1. The van der Waals surface area contributed by atoms with E-state index in [4.69, 9.17) is 4.74 Å². The van der Waals surface area contributed by atoms with Crippen LogP contribution < -0.4 is 4.74 Å².